The molecule has 208 valence electrons. The standard InChI is InChI=1S/C27H34N6O6/c1-2-39-27(37)19-7-9-20(10-8-19)30-25(35)21-15-22(17-3-5-18(6-4-17)24(28)29)31-33(26(21)36)16-23(34)32-11-13-38-14-12-32/h3-6,15,19-20H,2,7-14,16H2,1H3,(H3,28,29)(H,30,35). The van der Waals surface area contributed by atoms with E-state index in [1.165, 1.54) is 6.07 Å². The van der Waals surface area contributed by atoms with Crippen LogP contribution in [0.15, 0.2) is 35.1 Å². The van der Waals surface area contributed by atoms with E-state index >= 15 is 0 Å². The van der Waals surface area contributed by atoms with Crippen LogP contribution in [-0.4, -0.2) is 77.3 Å². The monoisotopic (exact) mass is 538 g/mol. The maximum atomic E-state index is 13.3. The lowest BCUT2D eigenvalue weighted by molar-refractivity contribution is -0.149. The highest BCUT2D eigenvalue weighted by Gasteiger charge is 2.29. The molecule has 1 saturated carbocycles. The van der Waals surface area contributed by atoms with E-state index in [2.05, 4.69) is 10.4 Å². The molecular formula is C27H34N6O6. The van der Waals surface area contributed by atoms with E-state index in [0.717, 1.165) is 4.68 Å². The predicted octanol–water partition coefficient (Wildman–Crippen LogP) is 0.905. The number of nitrogens with two attached hydrogens (primary N) is 1. The highest BCUT2D eigenvalue weighted by Crippen LogP contribution is 2.26. The molecule has 2 amide bonds. The van der Waals surface area contributed by atoms with Gasteiger partial charge in [-0.05, 0) is 38.7 Å². The molecular weight excluding hydrogens is 504 g/mol. The van der Waals surface area contributed by atoms with Crippen molar-refractivity contribution in [1.82, 2.24) is 20.0 Å². The molecule has 4 rings (SSSR count). The number of esters is 1. The molecule has 1 saturated heterocycles. The van der Waals surface area contributed by atoms with E-state index in [1.54, 1.807) is 36.1 Å². The van der Waals surface area contributed by atoms with Crippen LogP contribution in [0.4, 0.5) is 0 Å². The van der Waals surface area contributed by atoms with Crippen LogP contribution >= 0.6 is 0 Å². The zero-order chi connectivity index (χ0) is 27.9. The first-order chi connectivity index (χ1) is 18.8. The average molecular weight is 539 g/mol. The molecule has 39 heavy (non-hydrogen) atoms. The lowest BCUT2D eigenvalue weighted by atomic mass is 9.86. The fourth-order valence-electron chi connectivity index (χ4n) is 4.81. The molecule has 2 heterocycles. The van der Waals surface area contributed by atoms with Gasteiger partial charge in [0.05, 0.1) is 31.4 Å². The Labute approximate surface area is 226 Å². The molecule has 0 atom stereocenters. The summed E-state index contributed by atoms with van der Waals surface area (Å²) in [6.07, 6.45) is 2.35. The summed E-state index contributed by atoms with van der Waals surface area (Å²) < 4.78 is 11.4. The van der Waals surface area contributed by atoms with Gasteiger partial charge in [0.1, 0.15) is 17.9 Å². The van der Waals surface area contributed by atoms with Crippen LogP contribution in [0.2, 0.25) is 0 Å². The maximum absolute atomic E-state index is 13.3. The summed E-state index contributed by atoms with van der Waals surface area (Å²) in [5.74, 6) is -1.35. The number of hydrogen-bond donors (Lipinski definition) is 3. The summed E-state index contributed by atoms with van der Waals surface area (Å²) in [6, 6.07) is 7.90. The summed E-state index contributed by atoms with van der Waals surface area (Å²) in [5.41, 5.74) is 6.21. The number of ether oxygens (including phenoxy) is 2. The molecule has 0 radical (unpaired) electrons. The number of amidine groups is 1. The molecule has 1 aromatic heterocycles. The van der Waals surface area contributed by atoms with Crippen molar-refractivity contribution in [1.29, 1.82) is 5.41 Å². The Bertz CT molecular complexity index is 1280. The topological polar surface area (TPSA) is 170 Å². The van der Waals surface area contributed by atoms with Crippen molar-refractivity contribution in [3.05, 3.63) is 51.8 Å². The van der Waals surface area contributed by atoms with E-state index < -0.39 is 11.5 Å². The Morgan fingerprint density at radius 2 is 1.79 bits per heavy atom. The minimum atomic E-state index is -0.668. The third-order valence-electron chi connectivity index (χ3n) is 7.04. The maximum Gasteiger partial charge on any atom is 0.308 e. The minimum absolute atomic E-state index is 0.0895. The summed E-state index contributed by atoms with van der Waals surface area (Å²) in [5, 5.41) is 14.9. The van der Waals surface area contributed by atoms with Crippen molar-refractivity contribution in [3.8, 4) is 11.3 Å². The van der Waals surface area contributed by atoms with Gasteiger partial charge in [-0.3, -0.25) is 24.6 Å². The van der Waals surface area contributed by atoms with Crippen LogP contribution in [0, 0.1) is 11.3 Å². The number of carbonyl (C=O) groups is 3. The Morgan fingerprint density at radius 1 is 1.13 bits per heavy atom. The number of nitrogen functional groups attached to an aromatic ring is 1. The van der Waals surface area contributed by atoms with E-state index in [9.17, 15) is 19.2 Å². The zero-order valence-corrected chi connectivity index (χ0v) is 22.0. The van der Waals surface area contributed by atoms with E-state index in [-0.39, 0.29) is 41.8 Å². The summed E-state index contributed by atoms with van der Waals surface area (Å²) in [4.78, 5) is 53.2. The molecule has 2 fully saturated rings. The van der Waals surface area contributed by atoms with Gasteiger partial charge in [-0.2, -0.15) is 5.10 Å². The van der Waals surface area contributed by atoms with Crippen LogP contribution in [0.3, 0.4) is 0 Å². The van der Waals surface area contributed by atoms with Crippen LogP contribution in [0.25, 0.3) is 11.3 Å². The van der Waals surface area contributed by atoms with Gasteiger partial charge in [0.15, 0.2) is 0 Å². The zero-order valence-electron chi connectivity index (χ0n) is 22.0. The average Bonchev–Trinajstić information content (AvgIpc) is 2.95. The van der Waals surface area contributed by atoms with Gasteiger partial charge in [-0.15, -0.1) is 0 Å². The van der Waals surface area contributed by atoms with Gasteiger partial charge in [-0.1, -0.05) is 24.3 Å². The molecule has 1 aliphatic carbocycles. The van der Waals surface area contributed by atoms with E-state index in [0.29, 0.717) is 75.4 Å². The van der Waals surface area contributed by atoms with Gasteiger partial charge >= 0.3 is 5.97 Å². The van der Waals surface area contributed by atoms with Gasteiger partial charge < -0.3 is 25.4 Å². The van der Waals surface area contributed by atoms with Crippen LogP contribution in [0.1, 0.15) is 48.5 Å². The van der Waals surface area contributed by atoms with Crippen molar-refractivity contribution in [2.75, 3.05) is 32.9 Å². The molecule has 2 aromatic rings. The second-order valence-corrected chi connectivity index (χ2v) is 9.66. The number of morpholine rings is 1. The summed E-state index contributed by atoms with van der Waals surface area (Å²) >= 11 is 0. The quantitative estimate of drug-likeness (QED) is 0.253. The normalized spacial score (nSPS) is 19.3. The summed E-state index contributed by atoms with van der Waals surface area (Å²) in [6.45, 7) is 3.46. The third-order valence-corrected chi connectivity index (χ3v) is 7.04. The molecule has 1 aliphatic heterocycles. The second kappa shape index (κ2) is 12.7. The number of rotatable bonds is 8. The summed E-state index contributed by atoms with van der Waals surface area (Å²) in [7, 11) is 0. The number of nitrogens with zero attached hydrogens (tertiary/aromatic N) is 3. The minimum Gasteiger partial charge on any atom is -0.466 e. The molecule has 12 heteroatoms. The first-order valence-electron chi connectivity index (χ1n) is 13.2. The number of aromatic nitrogens is 2. The fourth-order valence-corrected chi connectivity index (χ4v) is 4.81. The fraction of sp³-hybridized carbons (Fsp3) is 0.481. The third kappa shape index (κ3) is 6.88. The van der Waals surface area contributed by atoms with Gasteiger partial charge in [0, 0.05) is 30.3 Å². The Morgan fingerprint density at radius 3 is 2.41 bits per heavy atom. The largest absolute Gasteiger partial charge is 0.466 e. The molecule has 2 aliphatic rings. The number of hydrogen-bond acceptors (Lipinski definition) is 8. The van der Waals surface area contributed by atoms with E-state index in [4.69, 9.17) is 20.6 Å². The Balaban J connectivity index is 1.58. The second-order valence-electron chi connectivity index (χ2n) is 9.66. The number of nitrogens with one attached hydrogen (secondary N) is 2. The van der Waals surface area contributed by atoms with Crippen LogP contribution in [-0.2, 0) is 25.6 Å². The van der Waals surface area contributed by atoms with Gasteiger partial charge in [0.25, 0.3) is 11.5 Å². The first-order valence-corrected chi connectivity index (χ1v) is 13.2. The van der Waals surface area contributed by atoms with Crippen LogP contribution in [0.5, 0.6) is 0 Å². The van der Waals surface area contributed by atoms with E-state index in [1.807, 2.05) is 0 Å². The van der Waals surface area contributed by atoms with Crippen molar-refractivity contribution < 1.29 is 23.9 Å². The lowest BCUT2D eigenvalue weighted by Gasteiger charge is -2.28. The Hall–Kier alpha value is -4.06. The lowest BCUT2D eigenvalue weighted by Crippen LogP contribution is -2.45. The highest BCUT2D eigenvalue weighted by atomic mass is 16.5. The predicted molar refractivity (Wildman–Crippen MR) is 142 cm³/mol. The molecule has 12 nitrogen and oxygen atoms in total. The smallest absolute Gasteiger partial charge is 0.308 e. The molecule has 1 aromatic carbocycles. The SMILES string of the molecule is CCOC(=O)C1CCC(NC(=O)c2cc(-c3ccc(C(=N)N)cc3)nn(CC(=O)N3CCOCC3)c2=O)CC1. The van der Waals surface area contributed by atoms with Crippen molar-refractivity contribution >= 4 is 23.6 Å². The van der Waals surface area contributed by atoms with Crippen molar-refractivity contribution in [3.63, 3.8) is 0 Å². The van der Waals surface area contributed by atoms with Crippen molar-refractivity contribution in [2.45, 2.75) is 45.2 Å². The molecule has 4 N–H and O–H groups in total. The number of amides is 2. The molecule has 0 unspecified atom stereocenters. The van der Waals surface area contributed by atoms with Gasteiger partial charge in [-0.25, -0.2) is 4.68 Å². The van der Waals surface area contributed by atoms with Gasteiger partial charge in [0.2, 0.25) is 5.91 Å². The molecule has 0 spiro atoms. The number of benzene rings is 1. The Kier molecular flexibility index (Phi) is 9.07. The van der Waals surface area contributed by atoms with Crippen molar-refractivity contribution in [2.24, 2.45) is 11.7 Å². The van der Waals surface area contributed by atoms with Crippen LogP contribution < -0.4 is 16.6 Å². The first kappa shape index (κ1) is 28.0. The highest BCUT2D eigenvalue weighted by molar-refractivity contribution is 5.96. The number of carbonyl (C=O) groups excluding carboxylic acids is 3. The molecule has 0 bridgehead atoms.